The summed E-state index contributed by atoms with van der Waals surface area (Å²) in [5.74, 6) is -1.64. The van der Waals surface area contributed by atoms with Crippen LogP contribution in [0.3, 0.4) is 0 Å². The predicted octanol–water partition coefficient (Wildman–Crippen LogP) is 12.3. The predicted molar refractivity (Wildman–Crippen MR) is 204 cm³/mol. The van der Waals surface area contributed by atoms with Gasteiger partial charge in [-0.25, -0.2) is 38.7 Å². The fraction of sp³-hybridized carbons (Fsp3) is 0.767. The van der Waals surface area contributed by atoms with Crippen LogP contribution in [-0.2, 0) is 38.7 Å². The van der Waals surface area contributed by atoms with Gasteiger partial charge < -0.3 is 0 Å². The first-order chi connectivity index (χ1) is 24.9. The molecule has 1 aliphatic rings. The maximum absolute atomic E-state index is 13.1. The van der Waals surface area contributed by atoms with Crippen molar-refractivity contribution < 1.29 is 38.7 Å². The maximum Gasteiger partial charge on any atom is 0.382 e. The van der Waals surface area contributed by atoms with Crippen LogP contribution >= 0.6 is 0 Å². The van der Waals surface area contributed by atoms with Crippen molar-refractivity contribution in [1.29, 1.82) is 0 Å². The standard InChI is InChI=1S/C43H72O8/c1-4-7-10-13-15-17-21-26-31-40(44)48-49-41(45)32-28-23-19-20-25-30-38-35-34-37(29-24-12-9-6-3)36-39(38)43(47)51-50-42(46)33-27-22-18-16-14-11-8-5-2/h10,13,18,22,36-38H,4-9,11-12,14-17,19-21,23-35H2,1-3H3. The van der Waals surface area contributed by atoms with Crippen molar-refractivity contribution in [3.63, 3.8) is 0 Å². The molecule has 0 aliphatic heterocycles. The van der Waals surface area contributed by atoms with Crippen molar-refractivity contribution in [1.82, 2.24) is 0 Å². The number of unbranched alkanes of at least 4 members (excludes halogenated alkanes) is 15. The summed E-state index contributed by atoms with van der Waals surface area (Å²) in [5.41, 5.74) is 0.651. The average Bonchev–Trinajstić information content (AvgIpc) is 3.13. The Bertz CT molecular complexity index is 1010. The first-order valence-electron chi connectivity index (χ1n) is 20.7. The molecule has 0 aromatic rings. The number of hydrogen-bond acceptors (Lipinski definition) is 8. The van der Waals surface area contributed by atoms with Crippen molar-refractivity contribution in [2.75, 3.05) is 0 Å². The third-order valence-corrected chi connectivity index (χ3v) is 9.56. The van der Waals surface area contributed by atoms with Crippen LogP contribution in [0, 0.1) is 11.8 Å². The van der Waals surface area contributed by atoms with Gasteiger partial charge in [0, 0.05) is 5.57 Å². The number of carbonyl (C=O) groups excluding carboxylic acids is 4. The van der Waals surface area contributed by atoms with Crippen LogP contribution in [0.1, 0.15) is 201 Å². The van der Waals surface area contributed by atoms with E-state index < -0.39 is 23.9 Å². The third-order valence-electron chi connectivity index (χ3n) is 9.56. The van der Waals surface area contributed by atoms with E-state index in [9.17, 15) is 19.2 Å². The monoisotopic (exact) mass is 717 g/mol. The van der Waals surface area contributed by atoms with Gasteiger partial charge in [-0.2, -0.15) is 0 Å². The first-order valence-corrected chi connectivity index (χ1v) is 20.7. The van der Waals surface area contributed by atoms with Crippen molar-refractivity contribution in [3.05, 3.63) is 36.0 Å². The molecule has 0 saturated heterocycles. The Morgan fingerprint density at radius 2 is 1.00 bits per heavy atom. The molecule has 1 rings (SSSR count). The molecular formula is C43H72O8. The summed E-state index contributed by atoms with van der Waals surface area (Å²) < 4.78 is 0. The van der Waals surface area contributed by atoms with E-state index in [4.69, 9.17) is 14.7 Å². The highest BCUT2D eigenvalue weighted by atomic mass is 17.2. The van der Waals surface area contributed by atoms with E-state index in [-0.39, 0.29) is 25.2 Å². The molecule has 1 aliphatic carbocycles. The highest BCUT2D eigenvalue weighted by molar-refractivity contribution is 5.89. The summed E-state index contributed by atoms with van der Waals surface area (Å²) in [4.78, 5) is 68.6. The number of carbonyl (C=O) groups is 4. The molecule has 0 fully saturated rings. The second-order valence-electron chi connectivity index (χ2n) is 14.3. The molecular weight excluding hydrogens is 644 g/mol. The minimum absolute atomic E-state index is 0.0889. The fourth-order valence-corrected chi connectivity index (χ4v) is 6.42. The van der Waals surface area contributed by atoms with E-state index in [0.29, 0.717) is 24.3 Å². The quantitative estimate of drug-likeness (QED) is 0.0313. The molecule has 0 spiro atoms. The van der Waals surface area contributed by atoms with Gasteiger partial charge in [0.25, 0.3) is 0 Å². The topological polar surface area (TPSA) is 105 Å². The molecule has 0 radical (unpaired) electrons. The second kappa shape index (κ2) is 33.0. The van der Waals surface area contributed by atoms with Crippen LogP contribution in [0.15, 0.2) is 36.0 Å². The Morgan fingerprint density at radius 1 is 0.510 bits per heavy atom. The number of rotatable bonds is 30. The van der Waals surface area contributed by atoms with Gasteiger partial charge in [0.15, 0.2) is 0 Å². The first kappa shape index (κ1) is 46.1. The van der Waals surface area contributed by atoms with E-state index in [2.05, 4.69) is 50.0 Å². The van der Waals surface area contributed by atoms with E-state index in [0.717, 1.165) is 109 Å². The molecule has 2 atom stereocenters. The van der Waals surface area contributed by atoms with Crippen LogP contribution in [0.5, 0.6) is 0 Å². The van der Waals surface area contributed by atoms with Crippen molar-refractivity contribution in [2.45, 2.75) is 201 Å². The zero-order chi connectivity index (χ0) is 37.2. The van der Waals surface area contributed by atoms with E-state index >= 15 is 0 Å². The molecule has 51 heavy (non-hydrogen) atoms. The Balaban J connectivity index is 2.34. The minimum atomic E-state index is -0.535. The smallest absolute Gasteiger partial charge is 0.247 e. The molecule has 0 saturated carbocycles. The summed E-state index contributed by atoms with van der Waals surface area (Å²) in [6.45, 7) is 6.56. The van der Waals surface area contributed by atoms with E-state index in [1.54, 1.807) is 0 Å². The third kappa shape index (κ3) is 26.5. The van der Waals surface area contributed by atoms with Crippen LogP contribution in [0.4, 0.5) is 0 Å². The van der Waals surface area contributed by atoms with Gasteiger partial charge in [0.1, 0.15) is 0 Å². The second-order valence-corrected chi connectivity index (χ2v) is 14.3. The zero-order valence-corrected chi connectivity index (χ0v) is 32.6. The largest absolute Gasteiger partial charge is 0.382 e. The summed E-state index contributed by atoms with van der Waals surface area (Å²) in [7, 11) is 0. The Kier molecular flexibility index (Phi) is 29.8. The van der Waals surface area contributed by atoms with Gasteiger partial charge in [-0.15, -0.1) is 0 Å². The van der Waals surface area contributed by atoms with Crippen LogP contribution < -0.4 is 0 Å². The van der Waals surface area contributed by atoms with Gasteiger partial charge in [-0.05, 0) is 88.9 Å². The SMILES string of the molecule is CCCC=CCCCCCC(=O)OOC(=O)CCCCCCCC1CCC(CCCCCC)C=C1C(=O)OOC(=O)CCC=CCCCCCC. The van der Waals surface area contributed by atoms with Gasteiger partial charge >= 0.3 is 23.9 Å². The summed E-state index contributed by atoms with van der Waals surface area (Å²) in [6.07, 6.45) is 36.8. The Morgan fingerprint density at radius 3 is 1.65 bits per heavy atom. The lowest BCUT2D eigenvalue weighted by Gasteiger charge is -2.27. The average molecular weight is 717 g/mol. The molecule has 0 amide bonds. The lowest BCUT2D eigenvalue weighted by molar-refractivity contribution is -0.259. The fourth-order valence-electron chi connectivity index (χ4n) is 6.42. The van der Waals surface area contributed by atoms with Crippen LogP contribution in [0.2, 0.25) is 0 Å². The lowest BCUT2D eigenvalue weighted by atomic mass is 9.78. The highest BCUT2D eigenvalue weighted by Crippen LogP contribution is 2.35. The van der Waals surface area contributed by atoms with Crippen LogP contribution in [0.25, 0.3) is 0 Å². The van der Waals surface area contributed by atoms with Crippen LogP contribution in [-0.4, -0.2) is 23.9 Å². The van der Waals surface area contributed by atoms with E-state index in [1.807, 2.05) is 6.08 Å². The van der Waals surface area contributed by atoms with Crippen molar-refractivity contribution in [3.8, 4) is 0 Å². The zero-order valence-electron chi connectivity index (χ0n) is 32.6. The summed E-state index contributed by atoms with van der Waals surface area (Å²) in [5, 5.41) is 0. The van der Waals surface area contributed by atoms with E-state index in [1.165, 1.54) is 38.5 Å². The Labute approximate surface area is 310 Å². The molecule has 0 N–H and O–H groups in total. The van der Waals surface area contributed by atoms with Gasteiger partial charge in [-0.1, -0.05) is 135 Å². The summed E-state index contributed by atoms with van der Waals surface area (Å²) >= 11 is 0. The van der Waals surface area contributed by atoms with Gasteiger partial charge in [0.2, 0.25) is 0 Å². The lowest BCUT2D eigenvalue weighted by Crippen LogP contribution is -2.23. The normalized spacial score (nSPS) is 15.9. The van der Waals surface area contributed by atoms with Gasteiger partial charge in [-0.3, -0.25) is 0 Å². The number of allylic oxidation sites excluding steroid dienone is 5. The van der Waals surface area contributed by atoms with Crippen molar-refractivity contribution >= 4 is 23.9 Å². The Hall–Kier alpha value is -2.90. The molecule has 0 heterocycles. The molecule has 0 aromatic heterocycles. The molecule has 8 heteroatoms. The maximum atomic E-state index is 13.1. The summed E-state index contributed by atoms with van der Waals surface area (Å²) in [6, 6.07) is 0. The highest BCUT2D eigenvalue weighted by Gasteiger charge is 2.29. The molecule has 2 unspecified atom stereocenters. The molecule has 0 bridgehead atoms. The molecule has 292 valence electrons. The van der Waals surface area contributed by atoms with Gasteiger partial charge in [0.05, 0.1) is 19.3 Å². The number of hydrogen-bond donors (Lipinski definition) is 0. The minimum Gasteiger partial charge on any atom is -0.247 e. The molecule has 0 aromatic carbocycles. The molecule has 8 nitrogen and oxygen atoms in total. The van der Waals surface area contributed by atoms with Crippen molar-refractivity contribution in [2.24, 2.45) is 11.8 Å².